The Labute approximate surface area is 444 Å². The number of aliphatic hydroxyl groups excluding tert-OH is 6. The van der Waals surface area contributed by atoms with E-state index in [0.29, 0.717) is 19.3 Å². The largest absolute Gasteiger partial charge is 0.481 e. The molecule has 12 nitrogen and oxygen atoms in total. The molecule has 0 saturated carbocycles. The third kappa shape index (κ3) is 94.1. The molecule has 0 aliphatic heterocycles. The van der Waals surface area contributed by atoms with Crippen molar-refractivity contribution in [3.63, 3.8) is 0 Å². The fourth-order valence-electron chi connectivity index (χ4n) is 7.91. The van der Waals surface area contributed by atoms with E-state index < -0.39 is 30.1 Å². The number of rotatable bonds is 49. The molecule has 0 spiro atoms. The lowest BCUT2D eigenvalue weighted by Gasteiger charge is -2.04. The highest BCUT2D eigenvalue weighted by Gasteiger charge is 2.02. The summed E-state index contributed by atoms with van der Waals surface area (Å²) in [6, 6.07) is 0. The highest BCUT2D eigenvalue weighted by Crippen LogP contribution is 2.17. The van der Waals surface area contributed by atoms with Crippen LogP contribution in [0.5, 0.6) is 0 Å². The Hall–Kier alpha value is -1.83. The third-order valence-corrected chi connectivity index (χ3v) is 12.6. The van der Waals surface area contributed by atoms with Crippen molar-refractivity contribution in [3.05, 3.63) is 0 Å². The van der Waals surface area contributed by atoms with Crippen molar-refractivity contribution in [2.24, 2.45) is 17.8 Å². The van der Waals surface area contributed by atoms with E-state index in [1.54, 1.807) is 0 Å². The summed E-state index contributed by atoms with van der Waals surface area (Å²) in [4.78, 5) is 31.0. The Morgan fingerprint density at radius 2 is 0.375 bits per heavy atom. The van der Waals surface area contributed by atoms with E-state index in [0.717, 1.165) is 56.3 Å². The molecule has 0 unspecified atom stereocenters. The molecule has 0 aromatic heterocycles. The van der Waals surface area contributed by atoms with E-state index in [4.69, 9.17) is 46.0 Å². The van der Waals surface area contributed by atoms with Gasteiger partial charge in [-0.3, -0.25) is 14.4 Å². The zero-order chi connectivity index (χ0) is 55.1. The lowest BCUT2D eigenvalue weighted by molar-refractivity contribution is -0.138. The lowest BCUT2D eigenvalue weighted by Crippen LogP contribution is -2.15. The molecule has 0 bridgehead atoms. The molecule has 0 atom stereocenters. The van der Waals surface area contributed by atoms with Crippen molar-refractivity contribution in [2.45, 2.75) is 323 Å². The molecular formula is C60H124O12. The van der Waals surface area contributed by atoms with Crippen LogP contribution in [0.4, 0.5) is 0 Å². The van der Waals surface area contributed by atoms with E-state index in [2.05, 4.69) is 41.5 Å². The predicted octanol–water partition coefficient (Wildman–Crippen LogP) is 15.2. The molecule has 0 radical (unpaired) electrons. The maximum Gasteiger partial charge on any atom is 0.303 e. The predicted molar refractivity (Wildman–Crippen MR) is 302 cm³/mol. The Bertz CT molecular complexity index is 897. The quantitative estimate of drug-likeness (QED) is 0.0259. The number of unbranched alkanes of at least 4 members (excludes halogenated alkanes) is 33. The monoisotopic (exact) mass is 1040 g/mol. The normalized spacial score (nSPS) is 11.0. The lowest BCUT2D eigenvalue weighted by atomic mass is 10.0. The molecule has 12 heteroatoms. The Balaban J connectivity index is -0.000000279. The maximum absolute atomic E-state index is 10.3. The first-order valence-electron chi connectivity index (χ1n) is 29.9. The van der Waals surface area contributed by atoms with Gasteiger partial charge in [0, 0.05) is 19.3 Å². The minimum Gasteiger partial charge on any atom is -0.481 e. The van der Waals surface area contributed by atoms with Crippen LogP contribution in [0.3, 0.4) is 0 Å². The van der Waals surface area contributed by atoms with Gasteiger partial charge in [0.05, 0.1) is 26.4 Å². The summed E-state index contributed by atoms with van der Waals surface area (Å²) in [6.45, 7) is 12.4. The van der Waals surface area contributed by atoms with Crippen molar-refractivity contribution >= 4 is 17.9 Å². The number of aliphatic carboxylic acids is 3. The van der Waals surface area contributed by atoms with Crippen molar-refractivity contribution in [1.29, 1.82) is 0 Å². The van der Waals surface area contributed by atoms with E-state index >= 15 is 0 Å². The number of hydrogen-bond acceptors (Lipinski definition) is 9. The molecule has 0 amide bonds. The molecule has 72 heavy (non-hydrogen) atoms. The van der Waals surface area contributed by atoms with Gasteiger partial charge in [-0.1, -0.05) is 273 Å². The molecule has 0 rings (SSSR count). The first-order valence-corrected chi connectivity index (χ1v) is 29.9. The Morgan fingerprint density at radius 1 is 0.250 bits per heavy atom. The van der Waals surface area contributed by atoms with Gasteiger partial charge < -0.3 is 46.0 Å². The summed E-state index contributed by atoms with van der Waals surface area (Å²) in [7, 11) is 0. The SMILES string of the molecule is CC(C)CCCCCCCCCCCCCCC(=O)O.CC(C)CCCCCCCCCCCCCCC(=O)O.CC(C)CCCCCCCCCCCCCCC(=O)O.OCC(O)CO.OCC(O)CO. The number of carbonyl (C=O) groups is 3. The summed E-state index contributed by atoms with van der Waals surface area (Å²) in [5.74, 6) is 0.636. The molecule has 9 N–H and O–H groups in total. The average Bonchev–Trinajstić information content (AvgIpc) is 3.34. The van der Waals surface area contributed by atoms with Crippen LogP contribution < -0.4 is 0 Å². The third-order valence-electron chi connectivity index (χ3n) is 12.6. The van der Waals surface area contributed by atoms with Gasteiger partial charge in [-0.2, -0.15) is 0 Å². The second-order valence-corrected chi connectivity index (χ2v) is 21.7. The molecule has 0 aliphatic carbocycles. The van der Waals surface area contributed by atoms with Crippen molar-refractivity contribution in [3.8, 4) is 0 Å². The van der Waals surface area contributed by atoms with Gasteiger partial charge >= 0.3 is 17.9 Å². The van der Waals surface area contributed by atoms with Gasteiger partial charge in [0.2, 0.25) is 0 Å². The molecule has 0 fully saturated rings. The van der Waals surface area contributed by atoms with Crippen LogP contribution in [0.1, 0.15) is 311 Å². The summed E-state index contributed by atoms with van der Waals surface area (Å²) in [5.41, 5.74) is 0. The van der Waals surface area contributed by atoms with Gasteiger partial charge in [0.15, 0.2) is 0 Å². The molecular weight excluding hydrogens is 913 g/mol. The van der Waals surface area contributed by atoms with Gasteiger partial charge in [-0.15, -0.1) is 0 Å². The van der Waals surface area contributed by atoms with Crippen molar-refractivity contribution < 1.29 is 60.3 Å². The van der Waals surface area contributed by atoms with E-state index in [9.17, 15) is 14.4 Å². The molecule has 0 saturated heterocycles. The molecule has 0 heterocycles. The van der Waals surface area contributed by atoms with Gasteiger partial charge in [-0.05, 0) is 37.0 Å². The van der Waals surface area contributed by atoms with E-state index in [1.165, 1.54) is 212 Å². The fourth-order valence-corrected chi connectivity index (χ4v) is 7.91. The Morgan fingerprint density at radius 3 is 0.472 bits per heavy atom. The van der Waals surface area contributed by atoms with E-state index in [-0.39, 0.29) is 26.4 Å². The molecule has 0 aromatic rings. The smallest absolute Gasteiger partial charge is 0.303 e. The van der Waals surface area contributed by atoms with Crippen LogP contribution in [0.25, 0.3) is 0 Å². The minimum absolute atomic E-state index is 0.344. The van der Waals surface area contributed by atoms with Crippen LogP contribution in [0, 0.1) is 17.8 Å². The van der Waals surface area contributed by atoms with Crippen molar-refractivity contribution in [1.82, 2.24) is 0 Å². The van der Waals surface area contributed by atoms with E-state index in [1.807, 2.05) is 0 Å². The summed E-state index contributed by atoms with van der Waals surface area (Å²) in [5, 5.41) is 73.6. The molecule has 0 aliphatic rings. The fraction of sp³-hybridized carbons (Fsp3) is 0.950. The summed E-state index contributed by atoms with van der Waals surface area (Å²) in [6.07, 6.45) is 50.1. The maximum atomic E-state index is 10.3. The van der Waals surface area contributed by atoms with Gasteiger partial charge in [-0.25, -0.2) is 0 Å². The van der Waals surface area contributed by atoms with Crippen LogP contribution in [-0.2, 0) is 14.4 Å². The highest BCUT2D eigenvalue weighted by atomic mass is 16.4. The number of aliphatic hydroxyl groups is 6. The van der Waals surface area contributed by atoms with Gasteiger partial charge in [0.1, 0.15) is 12.2 Å². The first-order chi connectivity index (χ1) is 34.5. The van der Waals surface area contributed by atoms with Crippen molar-refractivity contribution in [2.75, 3.05) is 26.4 Å². The highest BCUT2D eigenvalue weighted by molar-refractivity contribution is 5.67. The summed E-state index contributed by atoms with van der Waals surface area (Å²) >= 11 is 0. The average molecular weight is 1040 g/mol. The standard InChI is InChI=1S/3C18H36O2.2C3H8O3/c3*1-17(2)15-13-11-9-7-5-3-4-6-8-10-12-14-16-18(19)20;2*4-1-3(6)2-5/h3*17H,3-16H2,1-2H3,(H,19,20);2*3-6H,1-2H2. The van der Waals surface area contributed by atoms with Gasteiger partial charge in [0.25, 0.3) is 0 Å². The number of carboxylic acids is 3. The summed E-state index contributed by atoms with van der Waals surface area (Å²) < 4.78 is 0. The minimum atomic E-state index is -0.954. The van der Waals surface area contributed by atoms with Crippen LogP contribution in [0.15, 0.2) is 0 Å². The number of hydrogen-bond donors (Lipinski definition) is 9. The topological polar surface area (TPSA) is 233 Å². The van der Waals surface area contributed by atoms with Crippen LogP contribution in [-0.4, -0.2) is 103 Å². The second-order valence-electron chi connectivity index (χ2n) is 21.7. The molecule has 436 valence electrons. The van der Waals surface area contributed by atoms with Crippen LogP contribution in [0.2, 0.25) is 0 Å². The van der Waals surface area contributed by atoms with Crippen LogP contribution >= 0.6 is 0 Å². The Kier molecular flexibility index (Phi) is 75.9. The zero-order valence-corrected chi connectivity index (χ0v) is 48.2. The second kappa shape index (κ2) is 69.2. The number of carboxylic acid groups (broad SMARTS) is 3. The molecule has 0 aromatic carbocycles. The first kappa shape index (κ1) is 79.0. The zero-order valence-electron chi connectivity index (χ0n) is 48.2.